The standard InChI is InChI=1S/C20H22N4O3S/c1-3-9-24(13-19-22-23-20(27-19)17-8-5-10-28-17)12-18(26)21-16-7-4-6-15(11-16)14(2)25/h4-8,10-11H,3,9,12-13H2,1-2H3,(H,21,26)/p+1. The van der Waals surface area contributed by atoms with Crippen LogP contribution in [-0.4, -0.2) is 35.0 Å². The average molecular weight is 399 g/mol. The summed E-state index contributed by atoms with van der Waals surface area (Å²) in [4.78, 5) is 25.9. The van der Waals surface area contributed by atoms with Gasteiger partial charge in [-0.2, -0.15) is 0 Å². The van der Waals surface area contributed by atoms with E-state index >= 15 is 0 Å². The van der Waals surface area contributed by atoms with Gasteiger partial charge in [-0.3, -0.25) is 9.59 Å². The van der Waals surface area contributed by atoms with Crippen molar-refractivity contribution >= 4 is 28.7 Å². The first-order valence-electron chi connectivity index (χ1n) is 9.16. The molecule has 146 valence electrons. The summed E-state index contributed by atoms with van der Waals surface area (Å²) < 4.78 is 5.74. The second-order valence-electron chi connectivity index (χ2n) is 6.52. The lowest BCUT2D eigenvalue weighted by molar-refractivity contribution is -0.907. The maximum absolute atomic E-state index is 12.5. The van der Waals surface area contributed by atoms with Crippen LogP contribution in [0.15, 0.2) is 46.2 Å². The zero-order valence-electron chi connectivity index (χ0n) is 15.9. The molecule has 0 radical (unpaired) electrons. The molecule has 1 aromatic carbocycles. The number of rotatable bonds is 9. The molecule has 0 bridgehead atoms. The zero-order chi connectivity index (χ0) is 19.9. The van der Waals surface area contributed by atoms with E-state index in [1.807, 2.05) is 17.5 Å². The number of amides is 1. The Balaban J connectivity index is 1.62. The number of quaternary nitrogens is 1. The number of Topliss-reactive ketones (excluding diaryl/α,β-unsaturated/α-hetero) is 1. The van der Waals surface area contributed by atoms with E-state index in [1.54, 1.807) is 35.6 Å². The highest BCUT2D eigenvalue weighted by molar-refractivity contribution is 7.13. The van der Waals surface area contributed by atoms with Crippen molar-refractivity contribution in [2.45, 2.75) is 26.8 Å². The smallest absolute Gasteiger partial charge is 0.279 e. The predicted octanol–water partition coefficient (Wildman–Crippen LogP) is 2.43. The summed E-state index contributed by atoms with van der Waals surface area (Å²) in [6.45, 7) is 5.13. The molecule has 0 aliphatic heterocycles. The van der Waals surface area contributed by atoms with Crippen LogP contribution >= 0.6 is 11.3 Å². The topological polar surface area (TPSA) is 89.5 Å². The third-order valence-corrected chi connectivity index (χ3v) is 5.02. The van der Waals surface area contributed by atoms with E-state index in [9.17, 15) is 9.59 Å². The van der Waals surface area contributed by atoms with Crippen LogP contribution in [0.3, 0.4) is 0 Å². The minimum absolute atomic E-state index is 0.0349. The molecular formula is C20H23N4O3S+. The highest BCUT2D eigenvalue weighted by atomic mass is 32.1. The number of nitrogens with one attached hydrogen (secondary N) is 2. The molecule has 0 saturated heterocycles. The average Bonchev–Trinajstić information content (AvgIpc) is 3.33. The fourth-order valence-electron chi connectivity index (χ4n) is 2.88. The van der Waals surface area contributed by atoms with E-state index in [2.05, 4.69) is 22.4 Å². The van der Waals surface area contributed by atoms with Gasteiger partial charge in [-0.25, -0.2) is 0 Å². The van der Waals surface area contributed by atoms with Gasteiger partial charge in [0, 0.05) is 11.3 Å². The van der Waals surface area contributed by atoms with E-state index in [-0.39, 0.29) is 18.2 Å². The van der Waals surface area contributed by atoms with E-state index in [0.717, 1.165) is 22.7 Å². The number of anilines is 1. The summed E-state index contributed by atoms with van der Waals surface area (Å²) in [6, 6.07) is 10.8. The predicted molar refractivity (Wildman–Crippen MR) is 107 cm³/mol. The lowest BCUT2D eigenvalue weighted by Crippen LogP contribution is -3.11. The van der Waals surface area contributed by atoms with Gasteiger partial charge in [0.2, 0.25) is 0 Å². The molecule has 0 saturated carbocycles. The van der Waals surface area contributed by atoms with Crippen LogP contribution in [0.2, 0.25) is 0 Å². The number of carbonyl (C=O) groups excluding carboxylic acids is 2. The monoisotopic (exact) mass is 399 g/mol. The zero-order valence-corrected chi connectivity index (χ0v) is 16.7. The lowest BCUT2D eigenvalue weighted by atomic mass is 10.1. The Hall–Kier alpha value is -2.84. The SMILES string of the molecule is CCC[NH+](CC(=O)Nc1cccc(C(C)=O)c1)Cc1nnc(-c2cccs2)o1. The van der Waals surface area contributed by atoms with Crippen LogP contribution in [0.4, 0.5) is 5.69 Å². The number of hydrogen-bond acceptors (Lipinski definition) is 6. The van der Waals surface area contributed by atoms with Crippen LogP contribution in [-0.2, 0) is 11.3 Å². The second-order valence-corrected chi connectivity index (χ2v) is 7.46. The Morgan fingerprint density at radius 2 is 2.07 bits per heavy atom. The molecule has 0 aliphatic carbocycles. The van der Waals surface area contributed by atoms with Gasteiger partial charge >= 0.3 is 0 Å². The van der Waals surface area contributed by atoms with Crippen molar-refractivity contribution in [3.63, 3.8) is 0 Å². The molecule has 1 amide bonds. The van der Waals surface area contributed by atoms with Gasteiger partial charge in [-0.15, -0.1) is 21.5 Å². The van der Waals surface area contributed by atoms with E-state index in [4.69, 9.17) is 4.42 Å². The van der Waals surface area contributed by atoms with Crippen molar-refractivity contribution in [3.05, 3.63) is 53.2 Å². The molecule has 2 heterocycles. The van der Waals surface area contributed by atoms with E-state index in [0.29, 0.717) is 29.6 Å². The molecule has 2 aromatic heterocycles. The van der Waals surface area contributed by atoms with Gasteiger partial charge in [-0.1, -0.05) is 25.1 Å². The van der Waals surface area contributed by atoms with Crippen molar-refractivity contribution in [2.75, 3.05) is 18.4 Å². The first kappa shape index (κ1) is 19.9. The number of aromatic nitrogens is 2. The molecule has 1 atom stereocenters. The first-order chi connectivity index (χ1) is 13.5. The van der Waals surface area contributed by atoms with E-state index in [1.165, 1.54) is 6.92 Å². The van der Waals surface area contributed by atoms with Gasteiger partial charge in [0.15, 0.2) is 18.9 Å². The van der Waals surface area contributed by atoms with Crippen molar-refractivity contribution in [1.82, 2.24) is 10.2 Å². The number of thiophene rings is 1. The molecule has 3 aromatic rings. The highest BCUT2D eigenvalue weighted by Crippen LogP contribution is 2.22. The van der Waals surface area contributed by atoms with Gasteiger partial charge in [0.05, 0.1) is 11.4 Å². The molecule has 2 N–H and O–H groups in total. The summed E-state index contributed by atoms with van der Waals surface area (Å²) in [5.74, 6) is 0.860. The van der Waals surface area contributed by atoms with Crippen molar-refractivity contribution in [1.29, 1.82) is 0 Å². The third-order valence-electron chi connectivity index (χ3n) is 4.17. The Labute approximate surface area is 167 Å². The summed E-state index contributed by atoms with van der Waals surface area (Å²) in [6.07, 6.45) is 0.925. The fraction of sp³-hybridized carbons (Fsp3) is 0.300. The van der Waals surface area contributed by atoms with Crippen molar-refractivity contribution < 1.29 is 18.9 Å². The Kier molecular flexibility index (Phi) is 6.67. The summed E-state index contributed by atoms with van der Waals surface area (Å²) >= 11 is 1.54. The fourth-order valence-corrected chi connectivity index (χ4v) is 3.52. The van der Waals surface area contributed by atoms with Gasteiger partial charge in [0.1, 0.15) is 0 Å². The van der Waals surface area contributed by atoms with Gasteiger partial charge in [0.25, 0.3) is 17.7 Å². The van der Waals surface area contributed by atoms with Gasteiger partial charge in [-0.05, 0) is 36.9 Å². The van der Waals surface area contributed by atoms with Crippen molar-refractivity contribution in [3.8, 4) is 10.8 Å². The maximum Gasteiger partial charge on any atom is 0.279 e. The number of carbonyl (C=O) groups is 2. The normalized spacial score (nSPS) is 11.9. The molecule has 3 rings (SSSR count). The largest absolute Gasteiger partial charge is 0.414 e. The Morgan fingerprint density at radius 3 is 2.79 bits per heavy atom. The number of nitrogens with zero attached hydrogens (tertiary/aromatic N) is 2. The molecule has 0 aliphatic rings. The van der Waals surface area contributed by atoms with Crippen LogP contribution in [0, 0.1) is 0 Å². The van der Waals surface area contributed by atoms with Gasteiger partial charge < -0.3 is 14.6 Å². The van der Waals surface area contributed by atoms with E-state index < -0.39 is 0 Å². The summed E-state index contributed by atoms with van der Waals surface area (Å²) in [7, 11) is 0. The molecule has 28 heavy (non-hydrogen) atoms. The first-order valence-corrected chi connectivity index (χ1v) is 10.0. The van der Waals surface area contributed by atoms with Crippen LogP contribution in [0.25, 0.3) is 10.8 Å². The minimum atomic E-state index is -0.123. The highest BCUT2D eigenvalue weighted by Gasteiger charge is 2.19. The maximum atomic E-state index is 12.5. The van der Waals surface area contributed by atoms with Crippen LogP contribution < -0.4 is 10.2 Å². The molecule has 8 heteroatoms. The molecule has 0 spiro atoms. The second kappa shape index (κ2) is 9.38. The Morgan fingerprint density at radius 1 is 1.21 bits per heavy atom. The number of hydrogen-bond donors (Lipinski definition) is 2. The Bertz CT molecular complexity index is 937. The molecule has 7 nitrogen and oxygen atoms in total. The number of ketones is 1. The lowest BCUT2D eigenvalue weighted by Gasteiger charge is -2.16. The molecule has 0 fully saturated rings. The molecule has 1 unspecified atom stereocenters. The quantitative estimate of drug-likeness (QED) is 0.540. The van der Waals surface area contributed by atoms with Crippen molar-refractivity contribution in [2.24, 2.45) is 0 Å². The third kappa shape index (κ3) is 5.34. The summed E-state index contributed by atoms with van der Waals surface area (Å²) in [5, 5.41) is 13.0. The molecular weight excluding hydrogens is 376 g/mol. The van der Waals surface area contributed by atoms with Crippen LogP contribution in [0.5, 0.6) is 0 Å². The minimum Gasteiger partial charge on any atom is -0.414 e. The van der Waals surface area contributed by atoms with Crippen LogP contribution in [0.1, 0.15) is 36.5 Å². The number of benzene rings is 1. The summed E-state index contributed by atoms with van der Waals surface area (Å²) in [5.41, 5.74) is 1.19.